The molecular formula is C31H33ClFN7O3. The number of halogens is 2. The largest absolute Gasteiger partial charge is 0.465 e. The molecule has 1 aliphatic heterocycles. The summed E-state index contributed by atoms with van der Waals surface area (Å²) >= 11 is 6.29. The van der Waals surface area contributed by atoms with E-state index in [0.29, 0.717) is 60.9 Å². The van der Waals surface area contributed by atoms with Crippen LogP contribution in [0.15, 0.2) is 48.5 Å². The Labute approximate surface area is 253 Å². The highest BCUT2D eigenvalue weighted by molar-refractivity contribution is 6.30. The maximum atomic E-state index is 14.7. The molecule has 0 bridgehead atoms. The summed E-state index contributed by atoms with van der Waals surface area (Å²) in [6, 6.07) is 14.1. The Morgan fingerprint density at radius 1 is 1.14 bits per heavy atom. The van der Waals surface area contributed by atoms with Gasteiger partial charge in [0.1, 0.15) is 17.0 Å². The second-order valence-corrected chi connectivity index (χ2v) is 11.8. The van der Waals surface area contributed by atoms with Crippen molar-refractivity contribution in [1.29, 1.82) is 5.41 Å². The number of hydrogen-bond acceptors (Lipinski definition) is 7. The zero-order valence-electron chi connectivity index (χ0n) is 23.8. The van der Waals surface area contributed by atoms with E-state index in [0.717, 1.165) is 31.2 Å². The fourth-order valence-electron chi connectivity index (χ4n) is 6.15. The molecule has 43 heavy (non-hydrogen) atoms. The van der Waals surface area contributed by atoms with Crippen LogP contribution in [-0.4, -0.2) is 56.3 Å². The highest BCUT2D eigenvalue weighted by Crippen LogP contribution is 2.38. The van der Waals surface area contributed by atoms with Crippen LogP contribution in [0.2, 0.25) is 5.02 Å². The van der Waals surface area contributed by atoms with Gasteiger partial charge in [-0.15, -0.1) is 0 Å². The lowest BCUT2D eigenvalue weighted by atomic mass is 9.83. The first-order valence-corrected chi connectivity index (χ1v) is 14.9. The Hall–Kier alpha value is -4.09. The molecule has 224 valence electrons. The van der Waals surface area contributed by atoms with Gasteiger partial charge in [-0.05, 0) is 48.4 Å². The number of hydrogen-bond donors (Lipinski definition) is 3. The number of rotatable bonds is 6. The van der Waals surface area contributed by atoms with Gasteiger partial charge in [-0.1, -0.05) is 61.7 Å². The van der Waals surface area contributed by atoms with E-state index in [-0.39, 0.29) is 22.5 Å². The molecule has 4 aromatic rings. The number of carbonyl (C=O) groups is 1. The Kier molecular flexibility index (Phi) is 8.27. The van der Waals surface area contributed by atoms with Crippen LogP contribution in [0.1, 0.15) is 50.0 Å². The summed E-state index contributed by atoms with van der Waals surface area (Å²) in [4.78, 5) is 27.8. The van der Waals surface area contributed by atoms with E-state index in [4.69, 9.17) is 26.7 Å². The molecule has 0 unspecified atom stereocenters. The van der Waals surface area contributed by atoms with E-state index in [1.54, 1.807) is 6.07 Å². The van der Waals surface area contributed by atoms with Gasteiger partial charge in [0, 0.05) is 23.7 Å². The Morgan fingerprint density at radius 2 is 1.91 bits per heavy atom. The minimum atomic E-state index is -1.42. The maximum absolute atomic E-state index is 14.7. The molecule has 2 aromatic carbocycles. The summed E-state index contributed by atoms with van der Waals surface area (Å²) < 4.78 is 22.7. The molecule has 12 heteroatoms. The number of ether oxygens (including phenoxy) is 1. The molecule has 2 aliphatic rings. The first-order valence-electron chi connectivity index (χ1n) is 14.5. The molecule has 0 spiro atoms. The number of anilines is 1. The molecular weight excluding hydrogens is 573 g/mol. The Bertz CT molecular complexity index is 1640. The van der Waals surface area contributed by atoms with E-state index in [9.17, 15) is 14.3 Å². The van der Waals surface area contributed by atoms with E-state index >= 15 is 0 Å². The molecule has 1 atom stereocenters. The van der Waals surface area contributed by atoms with Crippen LogP contribution >= 0.6 is 11.6 Å². The third kappa shape index (κ3) is 6.18. The van der Waals surface area contributed by atoms with Crippen molar-refractivity contribution in [1.82, 2.24) is 24.8 Å². The lowest BCUT2D eigenvalue weighted by Gasteiger charge is -2.37. The van der Waals surface area contributed by atoms with Gasteiger partial charge in [-0.25, -0.2) is 19.2 Å². The molecule has 10 nitrogen and oxygen atoms in total. The van der Waals surface area contributed by atoms with E-state index in [2.05, 4.69) is 38.5 Å². The predicted octanol–water partition coefficient (Wildman–Crippen LogP) is 6.28. The van der Waals surface area contributed by atoms with Gasteiger partial charge >= 0.3 is 6.09 Å². The minimum absolute atomic E-state index is 0.108. The summed E-state index contributed by atoms with van der Waals surface area (Å²) in [5, 5.41) is 19.8. The summed E-state index contributed by atoms with van der Waals surface area (Å²) in [6.07, 6.45) is 3.00. The first-order chi connectivity index (χ1) is 20.8. The normalized spacial score (nSPS) is 20.7. The van der Waals surface area contributed by atoms with Crippen LogP contribution in [0.25, 0.3) is 22.4 Å². The molecule has 3 heterocycles. The van der Waals surface area contributed by atoms with Crippen molar-refractivity contribution in [2.75, 3.05) is 24.7 Å². The van der Waals surface area contributed by atoms with Crippen LogP contribution < -0.4 is 10.2 Å². The molecule has 1 saturated carbocycles. The van der Waals surface area contributed by atoms with Gasteiger partial charge in [0.2, 0.25) is 5.95 Å². The van der Waals surface area contributed by atoms with Crippen LogP contribution in [0, 0.1) is 23.1 Å². The van der Waals surface area contributed by atoms with Gasteiger partial charge in [-0.2, -0.15) is 4.98 Å². The van der Waals surface area contributed by atoms with Gasteiger partial charge in [0.25, 0.3) is 0 Å². The molecule has 2 fully saturated rings. The number of nitrogens with one attached hydrogen (secondary N) is 2. The predicted molar refractivity (Wildman–Crippen MR) is 162 cm³/mol. The zero-order chi connectivity index (χ0) is 30.1. The number of fused-ring (bicyclic) bond motifs is 1. The number of amides is 1. The van der Waals surface area contributed by atoms with Crippen LogP contribution in [0.5, 0.6) is 0 Å². The second-order valence-electron chi connectivity index (χ2n) is 11.4. The van der Waals surface area contributed by atoms with E-state index < -0.39 is 17.7 Å². The average molecular weight is 606 g/mol. The molecule has 1 aliphatic carbocycles. The van der Waals surface area contributed by atoms with Gasteiger partial charge < -0.3 is 19.3 Å². The third-order valence-electron chi connectivity index (χ3n) is 8.32. The second kappa shape index (κ2) is 12.3. The number of morpholine rings is 1. The highest BCUT2D eigenvalue weighted by atomic mass is 35.5. The van der Waals surface area contributed by atoms with Crippen LogP contribution in [-0.2, 0) is 11.3 Å². The number of aromatic nitrogens is 4. The first kappa shape index (κ1) is 29.0. The fraction of sp³-hybridized carbons (Fsp3) is 0.387. The Morgan fingerprint density at radius 3 is 2.63 bits per heavy atom. The lowest BCUT2D eigenvalue weighted by molar-refractivity contribution is 0.0927. The van der Waals surface area contributed by atoms with Gasteiger partial charge in [0.05, 0.1) is 19.3 Å². The SMILES string of the molecule is CC1CCC(Cn2c(N3CCOC[C@H]3c3ccccc3)nc3nc(C(=N)NC(=O)O)nc(-c4cc(F)cc(Cl)c4)c32)CC1. The van der Waals surface area contributed by atoms with Crippen molar-refractivity contribution in [3.05, 3.63) is 70.8 Å². The van der Waals surface area contributed by atoms with Crippen molar-refractivity contribution >= 4 is 40.6 Å². The van der Waals surface area contributed by atoms with Crippen molar-refractivity contribution in [3.63, 3.8) is 0 Å². The van der Waals surface area contributed by atoms with Crippen LogP contribution in [0.3, 0.4) is 0 Å². The number of benzene rings is 2. The van der Waals surface area contributed by atoms with Crippen molar-refractivity contribution in [2.45, 2.75) is 45.2 Å². The number of imidazole rings is 1. The average Bonchev–Trinajstić information content (AvgIpc) is 3.35. The summed E-state index contributed by atoms with van der Waals surface area (Å²) in [6.45, 7) is 4.52. The number of carboxylic acid groups (broad SMARTS) is 1. The van der Waals surface area contributed by atoms with E-state index in [1.807, 2.05) is 23.5 Å². The molecule has 1 saturated heterocycles. The summed E-state index contributed by atoms with van der Waals surface area (Å²) in [5.74, 6) is 0.525. The zero-order valence-corrected chi connectivity index (χ0v) is 24.5. The fourth-order valence-corrected chi connectivity index (χ4v) is 6.37. The summed E-state index contributed by atoms with van der Waals surface area (Å²) in [5.41, 5.74) is 2.66. The molecule has 3 N–H and O–H groups in total. The number of nitrogens with zero attached hydrogens (tertiary/aromatic N) is 5. The van der Waals surface area contributed by atoms with Crippen molar-refractivity contribution in [2.24, 2.45) is 11.8 Å². The topological polar surface area (TPSA) is 129 Å². The van der Waals surface area contributed by atoms with Crippen molar-refractivity contribution in [3.8, 4) is 11.3 Å². The standard InChI is InChI=1S/C31H33ClFN7O3/c1-18-7-9-19(10-8-18)16-40-26-25(21-13-22(32)15-23(33)14-21)35-29(27(34)36-31(41)42)37-28(26)38-30(40)39-11-12-43-17-24(39)20-5-3-2-4-6-20/h2-6,13-15,18-19,24H,7-12,16-17H2,1H3,(H2,34,36)(H,41,42)/t18?,19?,24-/m0/s1. The summed E-state index contributed by atoms with van der Waals surface area (Å²) in [7, 11) is 0. The molecule has 0 radical (unpaired) electrons. The van der Waals surface area contributed by atoms with E-state index in [1.165, 1.54) is 12.1 Å². The highest BCUT2D eigenvalue weighted by Gasteiger charge is 2.32. The third-order valence-corrected chi connectivity index (χ3v) is 8.54. The number of amidine groups is 1. The minimum Gasteiger partial charge on any atom is -0.465 e. The van der Waals surface area contributed by atoms with Gasteiger partial charge in [0.15, 0.2) is 17.3 Å². The molecule has 1 amide bonds. The quantitative estimate of drug-likeness (QED) is 0.174. The smallest absolute Gasteiger partial charge is 0.410 e. The maximum Gasteiger partial charge on any atom is 0.410 e. The van der Waals surface area contributed by atoms with Crippen molar-refractivity contribution < 1.29 is 19.0 Å². The van der Waals surface area contributed by atoms with Gasteiger partial charge in [-0.3, -0.25) is 10.7 Å². The molecule has 2 aromatic heterocycles. The monoisotopic (exact) mass is 605 g/mol. The lowest BCUT2D eigenvalue weighted by Crippen LogP contribution is -2.41. The Balaban J connectivity index is 1.58. The molecule has 6 rings (SSSR count). The van der Waals surface area contributed by atoms with Crippen LogP contribution in [0.4, 0.5) is 15.1 Å².